The lowest BCUT2D eigenvalue weighted by atomic mass is 10.0. The first-order valence-corrected chi connectivity index (χ1v) is 9.68. The van der Waals surface area contributed by atoms with Crippen molar-refractivity contribution in [3.63, 3.8) is 0 Å². The van der Waals surface area contributed by atoms with Gasteiger partial charge in [-0.15, -0.1) is 0 Å². The molecule has 7 heteroatoms. The first-order valence-electron chi connectivity index (χ1n) is 9.30. The highest BCUT2D eigenvalue weighted by Crippen LogP contribution is 2.37. The standard InChI is InChI=1S/C21H19ClN4O2/c22-14-5-7-15(8-6-14)25-9-11-26(12-10-25)21(27)20-17-13-28-18-4-2-1-3-16(18)19(17)23-24-20/h1-8H,9-13H2,(H,23,24). The number of para-hydroxylation sites is 1. The van der Waals surface area contributed by atoms with Gasteiger partial charge in [-0.3, -0.25) is 9.89 Å². The van der Waals surface area contributed by atoms with Gasteiger partial charge in [-0.1, -0.05) is 23.7 Å². The molecule has 1 saturated heterocycles. The van der Waals surface area contributed by atoms with Crippen LogP contribution >= 0.6 is 11.6 Å². The number of carbonyl (C=O) groups is 1. The fourth-order valence-corrected chi connectivity index (χ4v) is 3.95. The van der Waals surface area contributed by atoms with Crippen LogP contribution in [0.5, 0.6) is 5.75 Å². The van der Waals surface area contributed by atoms with Gasteiger partial charge in [0.25, 0.3) is 5.91 Å². The van der Waals surface area contributed by atoms with Gasteiger partial charge in [-0.25, -0.2) is 0 Å². The maximum atomic E-state index is 13.1. The highest BCUT2D eigenvalue weighted by atomic mass is 35.5. The molecule has 2 aliphatic rings. The predicted molar refractivity (Wildman–Crippen MR) is 108 cm³/mol. The fourth-order valence-electron chi connectivity index (χ4n) is 3.82. The Kier molecular flexibility index (Phi) is 4.20. The predicted octanol–water partition coefficient (Wildman–Crippen LogP) is 3.58. The van der Waals surface area contributed by atoms with E-state index >= 15 is 0 Å². The van der Waals surface area contributed by atoms with Crippen LogP contribution in [0.25, 0.3) is 11.3 Å². The molecule has 0 bridgehead atoms. The Balaban J connectivity index is 1.32. The number of amides is 1. The van der Waals surface area contributed by atoms with E-state index in [0.29, 0.717) is 25.4 Å². The molecule has 1 aromatic heterocycles. The number of nitrogens with zero attached hydrogens (tertiary/aromatic N) is 3. The lowest BCUT2D eigenvalue weighted by Gasteiger charge is -2.36. The van der Waals surface area contributed by atoms with Gasteiger partial charge in [-0.2, -0.15) is 5.10 Å². The third-order valence-corrected chi connectivity index (χ3v) is 5.61. The number of fused-ring (bicyclic) bond motifs is 3. The summed E-state index contributed by atoms with van der Waals surface area (Å²) < 4.78 is 5.82. The zero-order valence-electron chi connectivity index (χ0n) is 15.2. The molecule has 142 valence electrons. The van der Waals surface area contributed by atoms with Crippen molar-refractivity contribution in [3.05, 3.63) is 64.8 Å². The molecule has 0 aliphatic carbocycles. The Morgan fingerprint density at radius 3 is 2.57 bits per heavy atom. The summed E-state index contributed by atoms with van der Waals surface area (Å²) in [5.74, 6) is 0.782. The number of piperazine rings is 1. The minimum Gasteiger partial charge on any atom is -0.488 e. The van der Waals surface area contributed by atoms with Gasteiger partial charge in [0, 0.05) is 48.0 Å². The summed E-state index contributed by atoms with van der Waals surface area (Å²) in [6, 6.07) is 15.6. The van der Waals surface area contributed by atoms with E-state index in [2.05, 4.69) is 15.1 Å². The SMILES string of the molecule is O=C(c1[nH]nc2c1COc1ccccc1-2)N1CCN(c2ccc(Cl)cc2)CC1. The molecule has 5 rings (SSSR count). The number of ether oxygens (including phenoxy) is 1. The number of aromatic amines is 1. The summed E-state index contributed by atoms with van der Waals surface area (Å²) in [5, 5.41) is 8.09. The molecular formula is C21H19ClN4O2. The van der Waals surface area contributed by atoms with Crippen LogP contribution in [0.3, 0.4) is 0 Å². The first-order chi connectivity index (χ1) is 13.7. The van der Waals surface area contributed by atoms with Gasteiger partial charge in [0.1, 0.15) is 23.7 Å². The van der Waals surface area contributed by atoms with Gasteiger partial charge in [0.2, 0.25) is 0 Å². The minimum atomic E-state index is -0.0208. The van der Waals surface area contributed by atoms with Crippen molar-refractivity contribution in [1.29, 1.82) is 0 Å². The first kappa shape index (κ1) is 17.1. The van der Waals surface area contributed by atoms with Crippen LogP contribution < -0.4 is 9.64 Å². The second kappa shape index (κ2) is 6.87. The zero-order valence-corrected chi connectivity index (χ0v) is 15.9. The molecule has 1 fully saturated rings. The number of hydrogen-bond donors (Lipinski definition) is 1. The number of anilines is 1. The van der Waals surface area contributed by atoms with Crippen LogP contribution in [0.4, 0.5) is 5.69 Å². The number of nitrogens with one attached hydrogen (secondary N) is 1. The molecule has 0 spiro atoms. The van der Waals surface area contributed by atoms with E-state index in [1.54, 1.807) is 0 Å². The molecule has 0 radical (unpaired) electrons. The van der Waals surface area contributed by atoms with E-state index < -0.39 is 0 Å². The minimum absolute atomic E-state index is 0.0208. The van der Waals surface area contributed by atoms with Crippen molar-refractivity contribution in [1.82, 2.24) is 15.1 Å². The Bertz CT molecular complexity index is 1020. The van der Waals surface area contributed by atoms with Crippen LogP contribution in [0.2, 0.25) is 5.02 Å². The molecule has 1 amide bonds. The van der Waals surface area contributed by atoms with Crippen molar-refractivity contribution in [3.8, 4) is 17.0 Å². The molecule has 28 heavy (non-hydrogen) atoms. The van der Waals surface area contributed by atoms with E-state index in [1.807, 2.05) is 53.4 Å². The number of H-pyrrole nitrogens is 1. The second-order valence-electron chi connectivity index (χ2n) is 6.97. The Morgan fingerprint density at radius 1 is 1.04 bits per heavy atom. The highest BCUT2D eigenvalue weighted by Gasteiger charge is 2.30. The van der Waals surface area contributed by atoms with E-state index in [4.69, 9.17) is 16.3 Å². The average Bonchev–Trinajstić information content (AvgIpc) is 3.18. The molecule has 6 nitrogen and oxygen atoms in total. The van der Waals surface area contributed by atoms with Gasteiger partial charge >= 0.3 is 0 Å². The molecule has 1 N–H and O–H groups in total. The van der Waals surface area contributed by atoms with Crippen LogP contribution in [0, 0.1) is 0 Å². The lowest BCUT2D eigenvalue weighted by Crippen LogP contribution is -2.49. The van der Waals surface area contributed by atoms with Crippen molar-refractivity contribution in [2.75, 3.05) is 31.1 Å². The summed E-state index contributed by atoms with van der Waals surface area (Å²) in [7, 11) is 0. The Morgan fingerprint density at radius 2 is 1.79 bits per heavy atom. The molecule has 0 unspecified atom stereocenters. The molecule has 0 saturated carbocycles. The maximum absolute atomic E-state index is 13.1. The molecular weight excluding hydrogens is 376 g/mol. The summed E-state index contributed by atoms with van der Waals surface area (Å²) in [5.41, 5.74) is 4.23. The van der Waals surface area contributed by atoms with Crippen LogP contribution in [0.15, 0.2) is 48.5 Å². The lowest BCUT2D eigenvalue weighted by molar-refractivity contribution is 0.0738. The normalized spacial score (nSPS) is 15.6. The van der Waals surface area contributed by atoms with Crippen molar-refractivity contribution >= 4 is 23.2 Å². The largest absolute Gasteiger partial charge is 0.488 e. The van der Waals surface area contributed by atoms with Crippen LogP contribution in [0.1, 0.15) is 16.1 Å². The molecule has 3 aromatic rings. The number of hydrogen-bond acceptors (Lipinski definition) is 4. The quantitative estimate of drug-likeness (QED) is 0.721. The van der Waals surface area contributed by atoms with Crippen molar-refractivity contribution < 1.29 is 9.53 Å². The maximum Gasteiger partial charge on any atom is 0.272 e. The monoisotopic (exact) mass is 394 g/mol. The van der Waals surface area contributed by atoms with Gasteiger partial charge in [0.15, 0.2) is 0 Å². The summed E-state index contributed by atoms with van der Waals surface area (Å²) in [6.07, 6.45) is 0. The molecule has 0 atom stereocenters. The second-order valence-corrected chi connectivity index (χ2v) is 7.40. The third kappa shape index (κ3) is 2.90. The molecule has 3 heterocycles. The van der Waals surface area contributed by atoms with Crippen molar-refractivity contribution in [2.45, 2.75) is 6.61 Å². The van der Waals surface area contributed by atoms with Crippen LogP contribution in [-0.2, 0) is 6.61 Å². The smallest absolute Gasteiger partial charge is 0.272 e. The number of halogens is 1. The Labute approximate surface area is 167 Å². The average molecular weight is 395 g/mol. The van der Waals surface area contributed by atoms with Gasteiger partial charge in [-0.05, 0) is 36.4 Å². The van der Waals surface area contributed by atoms with E-state index in [9.17, 15) is 4.79 Å². The van der Waals surface area contributed by atoms with E-state index in [0.717, 1.165) is 46.4 Å². The molecule has 2 aliphatic heterocycles. The highest BCUT2D eigenvalue weighted by molar-refractivity contribution is 6.30. The zero-order chi connectivity index (χ0) is 19.1. The fraction of sp³-hybridized carbons (Fsp3) is 0.238. The summed E-state index contributed by atoms with van der Waals surface area (Å²) in [6.45, 7) is 3.24. The van der Waals surface area contributed by atoms with Crippen LogP contribution in [-0.4, -0.2) is 47.2 Å². The third-order valence-electron chi connectivity index (χ3n) is 5.35. The summed E-state index contributed by atoms with van der Waals surface area (Å²) >= 11 is 5.97. The number of carbonyl (C=O) groups excluding carboxylic acids is 1. The summed E-state index contributed by atoms with van der Waals surface area (Å²) in [4.78, 5) is 17.2. The molecule has 2 aromatic carbocycles. The van der Waals surface area contributed by atoms with E-state index in [-0.39, 0.29) is 5.91 Å². The van der Waals surface area contributed by atoms with E-state index in [1.165, 1.54) is 0 Å². The number of aromatic nitrogens is 2. The number of benzene rings is 2. The van der Waals surface area contributed by atoms with Gasteiger partial charge < -0.3 is 14.5 Å². The van der Waals surface area contributed by atoms with Gasteiger partial charge in [0.05, 0.1) is 0 Å². The topological polar surface area (TPSA) is 61.5 Å². The Hall–Kier alpha value is -2.99. The number of rotatable bonds is 2. The van der Waals surface area contributed by atoms with Crippen molar-refractivity contribution in [2.24, 2.45) is 0 Å².